The molecule has 2 aliphatic heterocycles. The lowest BCUT2D eigenvalue weighted by molar-refractivity contribution is -0.122. The van der Waals surface area contributed by atoms with E-state index in [1.54, 1.807) is 0 Å². The lowest BCUT2D eigenvalue weighted by Crippen LogP contribution is -2.45. The Kier molecular flexibility index (Phi) is 7.87. The van der Waals surface area contributed by atoms with Gasteiger partial charge in [-0.1, -0.05) is 60.7 Å². The third kappa shape index (κ3) is 6.97. The van der Waals surface area contributed by atoms with Crippen LogP contribution in [0.1, 0.15) is 24.0 Å². The second-order valence-corrected chi connectivity index (χ2v) is 13.9. The van der Waals surface area contributed by atoms with Crippen molar-refractivity contribution in [2.24, 2.45) is 0 Å². The lowest BCUT2D eigenvalue weighted by atomic mass is 10.1. The molecule has 2 heterocycles. The smallest absolute Gasteiger partial charge is 0.160 e. The third-order valence-electron chi connectivity index (χ3n) is 6.67. The highest BCUT2D eigenvalue weighted by Gasteiger charge is 2.35. The molecule has 7 nitrogen and oxygen atoms in total. The third-order valence-corrected chi connectivity index (χ3v) is 10.2. The minimum Gasteiger partial charge on any atom is -0.297 e. The normalized spacial score (nSPS) is 23.5. The minimum absolute atomic E-state index is 0.0274. The van der Waals surface area contributed by atoms with Crippen LogP contribution in [0.3, 0.4) is 0 Å². The van der Waals surface area contributed by atoms with Crippen LogP contribution in [-0.2, 0) is 37.6 Å². The van der Waals surface area contributed by atoms with E-state index in [1.165, 1.54) is 0 Å². The van der Waals surface area contributed by atoms with Gasteiger partial charge in [0.05, 0.1) is 36.1 Å². The first-order valence-corrected chi connectivity index (χ1v) is 15.3. The summed E-state index contributed by atoms with van der Waals surface area (Å²) in [5.41, 5.74) is 2.06. The Morgan fingerprint density at radius 1 is 0.676 bits per heavy atom. The number of ketones is 1. The number of hydrogen-bond acceptors (Lipinski definition) is 7. The van der Waals surface area contributed by atoms with Crippen LogP contribution in [0.25, 0.3) is 0 Å². The zero-order valence-electron chi connectivity index (χ0n) is 19.3. The average Bonchev–Trinajstić information content (AvgIpc) is 3.35. The van der Waals surface area contributed by atoms with Gasteiger partial charge in [-0.2, -0.15) is 0 Å². The van der Waals surface area contributed by atoms with Crippen LogP contribution in [0.4, 0.5) is 0 Å². The molecule has 0 aliphatic carbocycles. The Morgan fingerprint density at radius 2 is 1.06 bits per heavy atom. The standard InChI is InChI=1S/C25H32N2O5S2/c28-25(17-26(15-21-7-3-1-4-8-21)23-11-13-33(29,30)19-23)18-27(16-22-9-5-2-6-10-22)24-12-14-34(31,32)20-24/h1-10,23-24H,11-20H2/t23-,24-/m1/s1. The van der Waals surface area contributed by atoms with Crippen molar-refractivity contribution in [3.63, 3.8) is 0 Å². The molecule has 0 saturated carbocycles. The van der Waals surface area contributed by atoms with E-state index in [0.717, 1.165) is 11.1 Å². The first kappa shape index (κ1) is 25.0. The summed E-state index contributed by atoms with van der Waals surface area (Å²) in [5.74, 6) is 0.415. The van der Waals surface area contributed by atoms with Gasteiger partial charge in [-0.05, 0) is 24.0 Å². The van der Waals surface area contributed by atoms with Crippen molar-refractivity contribution in [2.45, 2.75) is 38.0 Å². The molecule has 2 aromatic carbocycles. The number of Topliss-reactive ketones (excluding diaryl/α,β-unsaturated/α-hetero) is 1. The van der Waals surface area contributed by atoms with Gasteiger partial charge in [0.15, 0.2) is 25.5 Å². The second-order valence-electron chi connectivity index (χ2n) is 9.43. The zero-order valence-corrected chi connectivity index (χ0v) is 20.9. The van der Waals surface area contributed by atoms with E-state index in [-0.39, 0.29) is 54.0 Å². The minimum atomic E-state index is -3.09. The van der Waals surface area contributed by atoms with Gasteiger partial charge in [-0.15, -0.1) is 0 Å². The van der Waals surface area contributed by atoms with Crippen molar-refractivity contribution in [3.05, 3.63) is 71.8 Å². The van der Waals surface area contributed by atoms with Crippen LogP contribution in [0.2, 0.25) is 0 Å². The molecule has 0 radical (unpaired) electrons. The molecule has 0 bridgehead atoms. The molecule has 0 amide bonds. The van der Waals surface area contributed by atoms with Crippen molar-refractivity contribution in [1.29, 1.82) is 0 Å². The van der Waals surface area contributed by atoms with E-state index in [9.17, 15) is 21.6 Å². The Bertz CT molecular complexity index is 1090. The first-order valence-electron chi connectivity index (χ1n) is 11.7. The average molecular weight is 505 g/mol. The number of carbonyl (C=O) groups is 1. The van der Waals surface area contributed by atoms with E-state index in [4.69, 9.17) is 0 Å². The number of rotatable bonds is 10. The van der Waals surface area contributed by atoms with E-state index in [2.05, 4.69) is 0 Å². The summed E-state index contributed by atoms with van der Waals surface area (Å²) >= 11 is 0. The van der Waals surface area contributed by atoms with Crippen LogP contribution in [0, 0.1) is 0 Å². The molecule has 2 aliphatic rings. The van der Waals surface area contributed by atoms with Gasteiger partial charge in [0.2, 0.25) is 0 Å². The molecule has 0 unspecified atom stereocenters. The van der Waals surface area contributed by atoms with Gasteiger partial charge in [0.25, 0.3) is 0 Å². The predicted octanol–water partition coefficient (Wildman–Crippen LogP) is 1.93. The fraction of sp³-hybridized carbons (Fsp3) is 0.480. The van der Waals surface area contributed by atoms with Gasteiger partial charge in [0.1, 0.15) is 0 Å². The maximum absolute atomic E-state index is 13.3. The molecular formula is C25H32N2O5S2. The Hall–Kier alpha value is -2.07. The van der Waals surface area contributed by atoms with E-state index < -0.39 is 19.7 Å². The van der Waals surface area contributed by atoms with Crippen LogP contribution >= 0.6 is 0 Å². The fourth-order valence-corrected chi connectivity index (χ4v) is 8.42. The molecule has 4 rings (SSSR count). The summed E-state index contributed by atoms with van der Waals surface area (Å²) in [7, 11) is -6.18. The molecule has 184 valence electrons. The highest BCUT2D eigenvalue weighted by atomic mass is 32.2. The number of nitrogens with zero attached hydrogens (tertiary/aromatic N) is 2. The Labute approximate surface area is 202 Å². The second kappa shape index (κ2) is 10.7. The maximum atomic E-state index is 13.3. The largest absolute Gasteiger partial charge is 0.297 e. The highest BCUT2D eigenvalue weighted by Crippen LogP contribution is 2.22. The molecule has 34 heavy (non-hydrogen) atoms. The fourth-order valence-electron chi connectivity index (χ4n) is 4.89. The summed E-state index contributed by atoms with van der Waals surface area (Å²) in [6.45, 7) is 1.28. The van der Waals surface area contributed by atoms with Gasteiger partial charge in [0, 0.05) is 25.2 Å². The Balaban J connectivity index is 1.49. The SMILES string of the molecule is O=C(CN(Cc1ccccc1)[C@@H]1CCS(=O)(=O)C1)CN(Cc1ccccc1)[C@@H]1CCS(=O)(=O)C1. The van der Waals surface area contributed by atoms with Crippen molar-refractivity contribution in [3.8, 4) is 0 Å². The molecule has 0 N–H and O–H groups in total. The summed E-state index contributed by atoms with van der Waals surface area (Å²) in [6.07, 6.45) is 1.05. The molecule has 2 aromatic rings. The lowest BCUT2D eigenvalue weighted by Gasteiger charge is -2.31. The summed E-state index contributed by atoms with van der Waals surface area (Å²) < 4.78 is 48.5. The first-order chi connectivity index (χ1) is 16.2. The van der Waals surface area contributed by atoms with Crippen molar-refractivity contribution in [2.75, 3.05) is 36.1 Å². The van der Waals surface area contributed by atoms with Gasteiger partial charge in [-0.25, -0.2) is 16.8 Å². The maximum Gasteiger partial charge on any atom is 0.160 e. The van der Waals surface area contributed by atoms with Crippen LogP contribution in [0.15, 0.2) is 60.7 Å². The van der Waals surface area contributed by atoms with E-state index in [0.29, 0.717) is 25.9 Å². The number of carbonyl (C=O) groups excluding carboxylic acids is 1. The number of hydrogen-bond donors (Lipinski definition) is 0. The van der Waals surface area contributed by atoms with E-state index in [1.807, 2.05) is 70.5 Å². The van der Waals surface area contributed by atoms with Crippen LogP contribution in [0.5, 0.6) is 0 Å². The van der Waals surface area contributed by atoms with Crippen LogP contribution < -0.4 is 0 Å². The molecule has 0 spiro atoms. The zero-order chi connectivity index (χ0) is 24.2. The highest BCUT2D eigenvalue weighted by molar-refractivity contribution is 7.91. The topological polar surface area (TPSA) is 91.8 Å². The van der Waals surface area contributed by atoms with Gasteiger partial charge >= 0.3 is 0 Å². The number of sulfone groups is 2. The molecule has 9 heteroatoms. The van der Waals surface area contributed by atoms with Gasteiger partial charge < -0.3 is 0 Å². The van der Waals surface area contributed by atoms with Crippen molar-refractivity contribution < 1.29 is 21.6 Å². The molecule has 2 saturated heterocycles. The summed E-state index contributed by atoms with van der Waals surface area (Å²) in [4.78, 5) is 17.3. The van der Waals surface area contributed by atoms with E-state index >= 15 is 0 Å². The quantitative estimate of drug-likeness (QED) is 0.488. The molecular weight excluding hydrogens is 472 g/mol. The molecule has 2 atom stereocenters. The molecule has 2 fully saturated rings. The monoisotopic (exact) mass is 504 g/mol. The Morgan fingerprint density at radius 3 is 1.38 bits per heavy atom. The summed E-state index contributed by atoms with van der Waals surface area (Å²) in [5, 5.41) is 0. The van der Waals surface area contributed by atoms with Crippen molar-refractivity contribution >= 4 is 25.5 Å². The molecule has 0 aromatic heterocycles. The number of benzene rings is 2. The summed E-state index contributed by atoms with van der Waals surface area (Å²) in [6, 6.07) is 19.1. The predicted molar refractivity (Wildman–Crippen MR) is 133 cm³/mol. The van der Waals surface area contributed by atoms with Crippen LogP contribution in [-0.4, -0.2) is 80.6 Å². The van der Waals surface area contributed by atoms with Crippen molar-refractivity contribution in [1.82, 2.24) is 9.80 Å². The van der Waals surface area contributed by atoms with Gasteiger partial charge in [-0.3, -0.25) is 14.6 Å².